The summed E-state index contributed by atoms with van der Waals surface area (Å²) in [5.41, 5.74) is 5.90. The smallest absolute Gasteiger partial charge is 0.216 e. The van der Waals surface area contributed by atoms with E-state index in [1.54, 1.807) is 18.2 Å². The quantitative estimate of drug-likeness (QED) is 0.724. The molecule has 3 unspecified atom stereocenters. The largest absolute Gasteiger partial charge is 0.326 e. The SMILES string of the molecule is CC(C)S(=O)(=O)N1C2CCC1C(N)C2. The highest BCUT2D eigenvalue weighted by atomic mass is 32.2. The molecule has 0 aromatic heterocycles. The van der Waals surface area contributed by atoms with E-state index in [1.165, 1.54) is 0 Å². The van der Waals surface area contributed by atoms with Crippen LogP contribution in [0.1, 0.15) is 33.1 Å². The van der Waals surface area contributed by atoms with Crippen LogP contribution in [0.15, 0.2) is 0 Å². The van der Waals surface area contributed by atoms with Gasteiger partial charge in [0, 0.05) is 18.1 Å². The molecule has 2 fully saturated rings. The van der Waals surface area contributed by atoms with E-state index in [9.17, 15) is 8.42 Å². The molecule has 14 heavy (non-hydrogen) atoms. The molecule has 2 aliphatic rings. The molecule has 0 aliphatic carbocycles. The first-order valence-electron chi connectivity index (χ1n) is 5.22. The van der Waals surface area contributed by atoms with E-state index in [0.717, 1.165) is 19.3 Å². The maximum absolute atomic E-state index is 12.0. The Morgan fingerprint density at radius 1 is 1.36 bits per heavy atom. The van der Waals surface area contributed by atoms with Crippen LogP contribution < -0.4 is 5.73 Å². The molecule has 2 heterocycles. The van der Waals surface area contributed by atoms with E-state index < -0.39 is 10.0 Å². The summed E-state index contributed by atoms with van der Waals surface area (Å²) in [5.74, 6) is 0. The van der Waals surface area contributed by atoms with Gasteiger partial charge in [-0.3, -0.25) is 0 Å². The Morgan fingerprint density at radius 3 is 2.36 bits per heavy atom. The second-order valence-corrected chi connectivity index (χ2v) is 7.02. The Balaban J connectivity index is 2.29. The fraction of sp³-hybridized carbons (Fsp3) is 1.00. The lowest BCUT2D eigenvalue weighted by Gasteiger charge is -2.24. The highest BCUT2D eigenvalue weighted by Crippen LogP contribution is 2.39. The maximum Gasteiger partial charge on any atom is 0.216 e. The third-order valence-electron chi connectivity index (χ3n) is 3.41. The Labute approximate surface area is 85.5 Å². The molecule has 2 saturated heterocycles. The minimum Gasteiger partial charge on any atom is -0.326 e. The molecule has 0 aromatic carbocycles. The van der Waals surface area contributed by atoms with Gasteiger partial charge in [-0.25, -0.2) is 8.42 Å². The van der Waals surface area contributed by atoms with Crippen molar-refractivity contribution in [2.24, 2.45) is 5.73 Å². The molecule has 4 nitrogen and oxygen atoms in total. The zero-order chi connectivity index (χ0) is 10.5. The van der Waals surface area contributed by atoms with E-state index in [1.807, 2.05) is 0 Å². The summed E-state index contributed by atoms with van der Waals surface area (Å²) >= 11 is 0. The van der Waals surface area contributed by atoms with Crippen molar-refractivity contribution >= 4 is 10.0 Å². The van der Waals surface area contributed by atoms with Crippen LogP contribution in [0.2, 0.25) is 0 Å². The molecule has 2 bridgehead atoms. The predicted molar refractivity (Wildman–Crippen MR) is 55.3 cm³/mol. The summed E-state index contributed by atoms with van der Waals surface area (Å²) < 4.78 is 25.7. The first-order valence-corrected chi connectivity index (χ1v) is 6.73. The van der Waals surface area contributed by atoms with Gasteiger partial charge in [0.2, 0.25) is 10.0 Å². The first kappa shape index (κ1) is 10.4. The van der Waals surface area contributed by atoms with Gasteiger partial charge in [0.25, 0.3) is 0 Å². The van der Waals surface area contributed by atoms with Crippen LogP contribution in [0.25, 0.3) is 0 Å². The van der Waals surface area contributed by atoms with E-state index in [0.29, 0.717) is 0 Å². The maximum atomic E-state index is 12.0. The molecule has 0 saturated carbocycles. The molecular formula is C9H18N2O2S. The summed E-state index contributed by atoms with van der Waals surface area (Å²) in [6.45, 7) is 3.47. The highest BCUT2D eigenvalue weighted by molar-refractivity contribution is 7.89. The molecule has 3 atom stereocenters. The van der Waals surface area contributed by atoms with E-state index in [4.69, 9.17) is 5.73 Å². The molecule has 0 amide bonds. The summed E-state index contributed by atoms with van der Waals surface area (Å²) in [6.07, 6.45) is 2.78. The third kappa shape index (κ3) is 1.30. The van der Waals surface area contributed by atoms with Crippen molar-refractivity contribution in [3.8, 4) is 0 Å². The number of hydrogen-bond acceptors (Lipinski definition) is 3. The summed E-state index contributed by atoms with van der Waals surface area (Å²) in [4.78, 5) is 0. The average molecular weight is 218 g/mol. The summed E-state index contributed by atoms with van der Waals surface area (Å²) in [7, 11) is -3.09. The standard InChI is InChI=1S/C9H18N2O2S/c1-6(2)14(12,13)11-7-3-4-9(11)8(10)5-7/h6-9H,3-5,10H2,1-2H3. The summed E-state index contributed by atoms with van der Waals surface area (Å²) in [6, 6.07) is 0.317. The van der Waals surface area contributed by atoms with Gasteiger partial charge in [-0.1, -0.05) is 0 Å². The second-order valence-electron chi connectivity index (χ2n) is 4.62. The Morgan fingerprint density at radius 2 is 2.00 bits per heavy atom. The normalized spacial score (nSPS) is 38.4. The third-order valence-corrected chi connectivity index (χ3v) is 5.76. The van der Waals surface area contributed by atoms with Gasteiger partial charge >= 0.3 is 0 Å². The minimum absolute atomic E-state index is 0.0577. The van der Waals surface area contributed by atoms with Crippen LogP contribution in [-0.2, 0) is 10.0 Å². The first-order chi connectivity index (χ1) is 6.44. The molecular weight excluding hydrogens is 200 g/mol. The molecule has 2 aliphatic heterocycles. The van der Waals surface area contributed by atoms with Crippen LogP contribution in [-0.4, -0.2) is 36.1 Å². The Bertz CT molecular complexity index is 326. The van der Waals surface area contributed by atoms with Crippen LogP contribution in [0, 0.1) is 0 Å². The number of nitrogens with two attached hydrogens (primary N) is 1. The fourth-order valence-corrected chi connectivity index (χ4v) is 4.36. The van der Waals surface area contributed by atoms with E-state index in [-0.39, 0.29) is 23.4 Å². The molecule has 0 aromatic rings. The van der Waals surface area contributed by atoms with Crippen LogP contribution in [0.4, 0.5) is 0 Å². The second kappa shape index (κ2) is 3.18. The number of nitrogens with zero attached hydrogens (tertiary/aromatic N) is 1. The number of hydrogen-bond donors (Lipinski definition) is 1. The molecule has 2 N–H and O–H groups in total. The summed E-state index contributed by atoms with van der Waals surface area (Å²) in [5, 5.41) is -0.323. The van der Waals surface area contributed by atoms with Gasteiger partial charge in [0.15, 0.2) is 0 Å². The molecule has 2 rings (SSSR count). The van der Waals surface area contributed by atoms with E-state index in [2.05, 4.69) is 0 Å². The minimum atomic E-state index is -3.09. The molecule has 82 valence electrons. The van der Waals surface area contributed by atoms with Crippen LogP contribution in [0.3, 0.4) is 0 Å². The van der Waals surface area contributed by atoms with Gasteiger partial charge in [0.1, 0.15) is 0 Å². The monoisotopic (exact) mass is 218 g/mol. The lowest BCUT2D eigenvalue weighted by Crippen LogP contribution is -2.43. The number of rotatable bonds is 2. The molecule has 5 heteroatoms. The van der Waals surface area contributed by atoms with Crippen molar-refractivity contribution in [3.63, 3.8) is 0 Å². The average Bonchev–Trinajstić information content (AvgIpc) is 2.59. The number of sulfonamides is 1. The zero-order valence-electron chi connectivity index (χ0n) is 8.68. The lowest BCUT2D eigenvalue weighted by atomic mass is 9.97. The van der Waals surface area contributed by atoms with Crippen LogP contribution >= 0.6 is 0 Å². The molecule has 0 radical (unpaired) electrons. The van der Waals surface area contributed by atoms with Crippen molar-refractivity contribution in [1.29, 1.82) is 0 Å². The van der Waals surface area contributed by atoms with Crippen molar-refractivity contribution in [3.05, 3.63) is 0 Å². The van der Waals surface area contributed by atoms with Gasteiger partial charge in [-0.05, 0) is 33.1 Å². The number of fused-ring (bicyclic) bond motifs is 2. The fourth-order valence-electron chi connectivity index (χ4n) is 2.62. The van der Waals surface area contributed by atoms with Crippen molar-refractivity contribution in [2.75, 3.05) is 0 Å². The van der Waals surface area contributed by atoms with Crippen LogP contribution in [0.5, 0.6) is 0 Å². The highest BCUT2D eigenvalue weighted by Gasteiger charge is 2.50. The van der Waals surface area contributed by atoms with Gasteiger partial charge in [0.05, 0.1) is 5.25 Å². The zero-order valence-corrected chi connectivity index (χ0v) is 9.50. The van der Waals surface area contributed by atoms with Gasteiger partial charge < -0.3 is 5.73 Å². The van der Waals surface area contributed by atoms with Crippen molar-refractivity contribution < 1.29 is 8.42 Å². The molecule has 0 spiro atoms. The lowest BCUT2D eigenvalue weighted by molar-refractivity contribution is 0.384. The van der Waals surface area contributed by atoms with Gasteiger partial charge in [-0.2, -0.15) is 4.31 Å². The van der Waals surface area contributed by atoms with E-state index >= 15 is 0 Å². The Hall–Kier alpha value is -0.130. The topological polar surface area (TPSA) is 63.4 Å². The van der Waals surface area contributed by atoms with Crippen molar-refractivity contribution in [1.82, 2.24) is 4.31 Å². The Kier molecular flexibility index (Phi) is 2.36. The van der Waals surface area contributed by atoms with Gasteiger partial charge in [-0.15, -0.1) is 0 Å². The van der Waals surface area contributed by atoms with Crippen molar-refractivity contribution in [2.45, 2.75) is 56.5 Å². The predicted octanol–water partition coefficient (Wildman–Crippen LogP) is 0.289.